The quantitative estimate of drug-likeness (QED) is 0.534. The summed E-state index contributed by atoms with van der Waals surface area (Å²) in [4.78, 5) is 18.2. The van der Waals surface area contributed by atoms with Gasteiger partial charge in [-0.15, -0.1) is 11.8 Å². The average Bonchev–Trinajstić information content (AvgIpc) is 3.21. The fraction of sp³-hybridized carbons (Fsp3) is 0.435. The molecular weight excluding hydrogens is 382 g/mol. The zero-order valence-electron chi connectivity index (χ0n) is 16.8. The van der Waals surface area contributed by atoms with Crippen LogP contribution in [0.4, 0.5) is 0 Å². The van der Waals surface area contributed by atoms with E-state index in [4.69, 9.17) is 4.74 Å². The Bertz CT molecular complexity index is 807. The van der Waals surface area contributed by atoms with Crippen molar-refractivity contribution >= 4 is 17.7 Å². The van der Waals surface area contributed by atoms with Crippen molar-refractivity contribution in [3.63, 3.8) is 0 Å². The summed E-state index contributed by atoms with van der Waals surface area (Å²) in [7, 11) is 0. The van der Waals surface area contributed by atoms with Gasteiger partial charge in [0.25, 0.3) is 0 Å². The maximum Gasteiger partial charge on any atom is 0.234 e. The normalized spacial score (nSPS) is 17.0. The van der Waals surface area contributed by atoms with Crippen molar-refractivity contribution in [1.82, 2.24) is 15.1 Å². The van der Waals surface area contributed by atoms with Crippen LogP contribution < -0.4 is 10.1 Å². The van der Waals surface area contributed by atoms with E-state index in [1.807, 2.05) is 18.2 Å². The number of amides is 1. The molecule has 5 nitrogen and oxygen atoms in total. The van der Waals surface area contributed by atoms with Crippen molar-refractivity contribution in [2.75, 3.05) is 51.6 Å². The highest BCUT2D eigenvalue weighted by Gasteiger charge is 2.20. The van der Waals surface area contributed by atoms with Crippen LogP contribution in [0.1, 0.15) is 11.1 Å². The lowest BCUT2D eigenvalue weighted by Crippen LogP contribution is -2.49. The molecule has 0 radical (unpaired) electrons. The van der Waals surface area contributed by atoms with Gasteiger partial charge in [0.05, 0.1) is 13.2 Å². The standard InChI is InChI=1S/C23H29N3O2S/c27-23(24-9-15-29-21-4-2-1-3-5-21)18-26-12-10-25(11-13-26)17-19-6-7-22-20(16-19)8-14-28-22/h1-7,16H,8-15,17-18H2,(H,24,27). The number of hydrogen-bond acceptors (Lipinski definition) is 5. The summed E-state index contributed by atoms with van der Waals surface area (Å²) in [5, 5.41) is 3.05. The van der Waals surface area contributed by atoms with Gasteiger partial charge in [-0.2, -0.15) is 0 Å². The lowest BCUT2D eigenvalue weighted by Gasteiger charge is -2.34. The van der Waals surface area contributed by atoms with Crippen LogP contribution in [0.15, 0.2) is 53.4 Å². The second kappa shape index (κ2) is 10.1. The summed E-state index contributed by atoms with van der Waals surface area (Å²) >= 11 is 1.77. The van der Waals surface area contributed by atoms with Gasteiger partial charge in [0.1, 0.15) is 5.75 Å². The van der Waals surface area contributed by atoms with Gasteiger partial charge < -0.3 is 10.1 Å². The van der Waals surface area contributed by atoms with Gasteiger partial charge in [-0.1, -0.05) is 30.3 Å². The third-order valence-corrected chi connectivity index (χ3v) is 6.44. The Kier molecular flexibility index (Phi) is 7.09. The van der Waals surface area contributed by atoms with E-state index >= 15 is 0 Å². The van der Waals surface area contributed by atoms with E-state index in [1.54, 1.807) is 11.8 Å². The predicted octanol–water partition coefficient (Wildman–Crippen LogP) is 2.65. The number of thioether (sulfide) groups is 1. The lowest BCUT2D eigenvalue weighted by atomic mass is 10.1. The fourth-order valence-electron chi connectivity index (χ4n) is 3.84. The topological polar surface area (TPSA) is 44.8 Å². The molecule has 2 aliphatic heterocycles. The molecular formula is C23H29N3O2S. The highest BCUT2D eigenvalue weighted by molar-refractivity contribution is 7.99. The van der Waals surface area contributed by atoms with E-state index in [9.17, 15) is 4.79 Å². The van der Waals surface area contributed by atoms with Crippen LogP contribution in [-0.4, -0.2) is 67.3 Å². The number of rotatable bonds is 8. The molecule has 0 spiro atoms. The summed E-state index contributed by atoms with van der Waals surface area (Å²) in [6, 6.07) is 16.9. The van der Waals surface area contributed by atoms with Crippen LogP contribution in [0, 0.1) is 0 Å². The third-order valence-electron chi connectivity index (χ3n) is 5.43. The smallest absolute Gasteiger partial charge is 0.234 e. The molecule has 0 bridgehead atoms. The largest absolute Gasteiger partial charge is 0.493 e. The van der Waals surface area contributed by atoms with Gasteiger partial charge in [0, 0.05) is 56.3 Å². The van der Waals surface area contributed by atoms with Crippen molar-refractivity contribution in [1.29, 1.82) is 0 Å². The van der Waals surface area contributed by atoms with Crippen molar-refractivity contribution in [3.05, 3.63) is 59.7 Å². The first kappa shape index (κ1) is 20.3. The Morgan fingerprint density at radius 1 is 1.03 bits per heavy atom. The number of nitrogens with zero attached hydrogens (tertiary/aromatic N) is 2. The molecule has 1 fully saturated rings. The van der Waals surface area contributed by atoms with Crippen molar-refractivity contribution in [2.24, 2.45) is 0 Å². The Hall–Kier alpha value is -2.02. The Labute approximate surface area is 177 Å². The first-order valence-corrected chi connectivity index (χ1v) is 11.4. The minimum atomic E-state index is 0.130. The van der Waals surface area contributed by atoms with Gasteiger partial charge in [0.15, 0.2) is 0 Å². The Morgan fingerprint density at radius 2 is 1.83 bits per heavy atom. The lowest BCUT2D eigenvalue weighted by molar-refractivity contribution is -0.122. The van der Waals surface area contributed by atoms with E-state index in [2.05, 4.69) is 45.4 Å². The first-order valence-electron chi connectivity index (χ1n) is 10.4. The number of benzene rings is 2. The summed E-state index contributed by atoms with van der Waals surface area (Å²) in [6.07, 6.45) is 1.02. The molecule has 2 aliphatic rings. The maximum atomic E-state index is 12.2. The molecule has 1 amide bonds. The van der Waals surface area contributed by atoms with Crippen LogP contribution in [0.5, 0.6) is 5.75 Å². The molecule has 0 unspecified atom stereocenters. The molecule has 0 saturated carbocycles. The van der Waals surface area contributed by atoms with E-state index < -0.39 is 0 Å². The molecule has 29 heavy (non-hydrogen) atoms. The van der Waals surface area contributed by atoms with E-state index in [-0.39, 0.29) is 5.91 Å². The number of carbonyl (C=O) groups is 1. The molecule has 6 heteroatoms. The molecule has 2 aromatic rings. The second-order valence-electron chi connectivity index (χ2n) is 7.60. The zero-order chi connectivity index (χ0) is 19.9. The van der Waals surface area contributed by atoms with Crippen molar-refractivity contribution in [3.8, 4) is 5.75 Å². The molecule has 2 heterocycles. The van der Waals surface area contributed by atoms with E-state index in [1.165, 1.54) is 16.0 Å². The number of hydrogen-bond donors (Lipinski definition) is 1. The van der Waals surface area contributed by atoms with Crippen molar-refractivity contribution in [2.45, 2.75) is 17.9 Å². The molecule has 4 rings (SSSR count). The minimum absolute atomic E-state index is 0.130. The monoisotopic (exact) mass is 411 g/mol. The first-order chi connectivity index (χ1) is 14.3. The molecule has 1 N–H and O–H groups in total. The molecule has 0 aliphatic carbocycles. The number of fused-ring (bicyclic) bond motifs is 1. The van der Waals surface area contributed by atoms with Crippen LogP contribution in [-0.2, 0) is 17.8 Å². The molecule has 2 aromatic carbocycles. The second-order valence-corrected chi connectivity index (χ2v) is 8.77. The highest BCUT2D eigenvalue weighted by atomic mass is 32.2. The Morgan fingerprint density at radius 3 is 2.66 bits per heavy atom. The van der Waals surface area contributed by atoms with Gasteiger partial charge >= 0.3 is 0 Å². The third kappa shape index (κ3) is 5.98. The summed E-state index contributed by atoms with van der Waals surface area (Å²) < 4.78 is 5.59. The SMILES string of the molecule is O=C(CN1CCN(Cc2ccc3c(c2)CCO3)CC1)NCCSc1ccccc1. The van der Waals surface area contributed by atoms with Crippen LogP contribution >= 0.6 is 11.8 Å². The molecule has 0 atom stereocenters. The fourth-order valence-corrected chi connectivity index (χ4v) is 4.63. The summed E-state index contributed by atoms with van der Waals surface area (Å²) in [5.74, 6) is 2.08. The number of carbonyl (C=O) groups excluding carboxylic acids is 1. The number of piperazine rings is 1. The van der Waals surface area contributed by atoms with Gasteiger partial charge in [-0.05, 0) is 29.3 Å². The maximum absolute atomic E-state index is 12.2. The summed E-state index contributed by atoms with van der Waals surface area (Å²) in [5.41, 5.74) is 2.69. The van der Waals surface area contributed by atoms with E-state index in [0.29, 0.717) is 13.1 Å². The molecule has 154 valence electrons. The number of nitrogens with one attached hydrogen (secondary N) is 1. The summed E-state index contributed by atoms with van der Waals surface area (Å²) in [6.45, 7) is 6.89. The predicted molar refractivity (Wildman–Crippen MR) is 118 cm³/mol. The van der Waals surface area contributed by atoms with Crippen LogP contribution in [0.3, 0.4) is 0 Å². The molecule has 1 saturated heterocycles. The minimum Gasteiger partial charge on any atom is -0.493 e. The van der Waals surface area contributed by atoms with Gasteiger partial charge in [0.2, 0.25) is 5.91 Å². The highest BCUT2D eigenvalue weighted by Crippen LogP contribution is 2.26. The average molecular weight is 412 g/mol. The van der Waals surface area contributed by atoms with Crippen LogP contribution in [0.25, 0.3) is 0 Å². The van der Waals surface area contributed by atoms with Gasteiger partial charge in [-0.25, -0.2) is 0 Å². The van der Waals surface area contributed by atoms with Gasteiger partial charge in [-0.3, -0.25) is 14.6 Å². The number of ether oxygens (including phenoxy) is 1. The van der Waals surface area contributed by atoms with Crippen LogP contribution in [0.2, 0.25) is 0 Å². The van der Waals surface area contributed by atoms with E-state index in [0.717, 1.165) is 57.3 Å². The zero-order valence-corrected chi connectivity index (χ0v) is 17.6. The Balaban J connectivity index is 1.12. The molecule has 0 aromatic heterocycles. The van der Waals surface area contributed by atoms with Crippen molar-refractivity contribution < 1.29 is 9.53 Å².